The number of hydrogen-bond acceptors (Lipinski definition) is 2. The number of hydrogen-bond donors (Lipinski definition) is 2. The van der Waals surface area contributed by atoms with Crippen molar-refractivity contribution < 1.29 is 15.0 Å². The van der Waals surface area contributed by atoms with Gasteiger partial charge in [-0.1, -0.05) is 12.7 Å². The zero-order valence-corrected chi connectivity index (χ0v) is 6.87. The lowest BCUT2D eigenvalue weighted by Crippen LogP contribution is -1.92. The van der Waals surface area contributed by atoms with Crippen molar-refractivity contribution >= 4 is 5.97 Å². The molecule has 3 nitrogen and oxygen atoms in total. The molecule has 11 heavy (non-hydrogen) atoms. The van der Waals surface area contributed by atoms with Gasteiger partial charge in [0.05, 0.1) is 6.10 Å². The number of rotatable bonds is 2. The standard InChI is InChI=1S/C4H6O2.C4H8O/c1-3(2)4(5)6;1-3-4(2)5/h1H2,2H3,(H,5,6);3-5H,1H2,2H3. The minimum atomic E-state index is -0.935. The fourth-order valence-corrected chi connectivity index (χ4v) is 0. The molecule has 0 aromatic rings. The van der Waals surface area contributed by atoms with E-state index in [1.54, 1.807) is 6.92 Å². The number of aliphatic hydroxyl groups is 1. The number of aliphatic hydroxyl groups excluding tert-OH is 1. The average Bonchev–Trinajstić information content (AvgIpc) is 1.89. The minimum Gasteiger partial charge on any atom is -0.478 e. The summed E-state index contributed by atoms with van der Waals surface area (Å²) in [4.78, 5) is 9.60. The Morgan fingerprint density at radius 3 is 1.82 bits per heavy atom. The zero-order valence-electron chi connectivity index (χ0n) is 6.87. The van der Waals surface area contributed by atoms with Gasteiger partial charge in [0, 0.05) is 5.57 Å². The monoisotopic (exact) mass is 158 g/mol. The van der Waals surface area contributed by atoms with Gasteiger partial charge in [-0.15, -0.1) is 6.58 Å². The fraction of sp³-hybridized carbons (Fsp3) is 0.375. The third kappa shape index (κ3) is 17.6. The van der Waals surface area contributed by atoms with Crippen LogP contribution < -0.4 is 0 Å². The van der Waals surface area contributed by atoms with Gasteiger partial charge in [0.25, 0.3) is 0 Å². The summed E-state index contributed by atoms with van der Waals surface area (Å²) in [7, 11) is 0. The third-order valence-corrected chi connectivity index (χ3v) is 0.706. The van der Waals surface area contributed by atoms with E-state index < -0.39 is 5.97 Å². The average molecular weight is 158 g/mol. The fourth-order valence-electron chi connectivity index (χ4n) is 0. The van der Waals surface area contributed by atoms with E-state index in [2.05, 4.69) is 13.2 Å². The van der Waals surface area contributed by atoms with E-state index in [-0.39, 0.29) is 11.7 Å². The first-order chi connectivity index (χ1) is 4.91. The molecule has 0 aliphatic rings. The minimum absolute atomic E-state index is 0.176. The first-order valence-corrected chi connectivity index (χ1v) is 3.11. The Morgan fingerprint density at radius 2 is 1.82 bits per heavy atom. The van der Waals surface area contributed by atoms with E-state index in [9.17, 15) is 4.79 Å². The molecule has 64 valence electrons. The third-order valence-electron chi connectivity index (χ3n) is 0.706. The summed E-state index contributed by atoms with van der Waals surface area (Å²) in [5.74, 6) is -0.935. The molecule has 0 aromatic heterocycles. The van der Waals surface area contributed by atoms with Gasteiger partial charge in [0.1, 0.15) is 0 Å². The molecule has 0 aliphatic heterocycles. The maximum absolute atomic E-state index is 9.60. The molecular weight excluding hydrogens is 144 g/mol. The normalized spacial score (nSPS) is 10.5. The number of carboxylic acid groups (broad SMARTS) is 1. The predicted molar refractivity (Wildman–Crippen MR) is 44.3 cm³/mol. The molecule has 3 heteroatoms. The summed E-state index contributed by atoms with van der Waals surface area (Å²) in [5.41, 5.74) is 0.176. The molecule has 0 spiro atoms. The van der Waals surface area contributed by atoms with Gasteiger partial charge >= 0.3 is 5.97 Å². The summed E-state index contributed by atoms with van der Waals surface area (Å²) in [6.07, 6.45) is 1.12. The number of aliphatic carboxylic acids is 1. The molecule has 0 fully saturated rings. The molecular formula is C8H14O3. The van der Waals surface area contributed by atoms with Crippen molar-refractivity contribution in [1.29, 1.82) is 0 Å². The van der Waals surface area contributed by atoms with Crippen LogP contribution in [0.2, 0.25) is 0 Å². The van der Waals surface area contributed by atoms with Crippen molar-refractivity contribution in [3.05, 3.63) is 24.8 Å². The molecule has 0 rings (SSSR count). The zero-order chi connectivity index (χ0) is 9.44. The van der Waals surface area contributed by atoms with Crippen molar-refractivity contribution in [2.24, 2.45) is 0 Å². The second-order valence-corrected chi connectivity index (χ2v) is 2.06. The molecule has 0 radical (unpaired) electrons. The van der Waals surface area contributed by atoms with Crippen LogP contribution in [-0.4, -0.2) is 22.3 Å². The van der Waals surface area contributed by atoms with Crippen LogP contribution in [-0.2, 0) is 4.79 Å². The maximum Gasteiger partial charge on any atom is 0.330 e. The predicted octanol–water partition coefficient (Wildman–Crippen LogP) is 1.20. The van der Waals surface area contributed by atoms with Crippen LogP contribution in [0, 0.1) is 0 Å². The van der Waals surface area contributed by atoms with Crippen molar-refractivity contribution in [2.45, 2.75) is 20.0 Å². The molecule has 0 aromatic carbocycles. The second-order valence-electron chi connectivity index (χ2n) is 2.06. The highest BCUT2D eigenvalue weighted by atomic mass is 16.4. The van der Waals surface area contributed by atoms with Crippen LogP contribution in [0.25, 0.3) is 0 Å². The molecule has 0 bridgehead atoms. The highest BCUT2D eigenvalue weighted by Crippen LogP contribution is 1.81. The van der Waals surface area contributed by atoms with Crippen molar-refractivity contribution in [1.82, 2.24) is 0 Å². The smallest absolute Gasteiger partial charge is 0.330 e. The Morgan fingerprint density at radius 1 is 1.64 bits per heavy atom. The lowest BCUT2D eigenvalue weighted by atomic mass is 10.4. The van der Waals surface area contributed by atoms with E-state index in [0.29, 0.717) is 0 Å². The summed E-state index contributed by atoms with van der Waals surface area (Å²) in [5, 5.41) is 16.1. The van der Waals surface area contributed by atoms with E-state index in [1.165, 1.54) is 13.0 Å². The molecule has 0 saturated carbocycles. The van der Waals surface area contributed by atoms with Gasteiger partial charge in [-0.25, -0.2) is 4.79 Å². The van der Waals surface area contributed by atoms with E-state index in [4.69, 9.17) is 10.2 Å². The highest BCUT2D eigenvalue weighted by Gasteiger charge is 1.90. The van der Waals surface area contributed by atoms with E-state index in [1.807, 2.05) is 0 Å². The van der Waals surface area contributed by atoms with E-state index >= 15 is 0 Å². The van der Waals surface area contributed by atoms with Crippen LogP contribution in [0.1, 0.15) is 13.8 Å². The lowest BCUT2D eigenvalue weighted by Gasteiger charge is -1.84. The van der Waals surface area contributed by atoms with Gasteiger partial charge in [-0.3, -0.25) is 0 Å². The summed E-state index contributed by atoms with van der Waals surface area (Å²) in [6.45, 7) is 9.57. The van der Waals surface area contributed by atoms with Crippen LogP contribution in [0.4, 0.5) is 0 Å². The lowest BCUT2D eigenvalue weighted by molar-refractivity contribution is -0.132. The van der Waals surface area contributed by atoms with Gasteiger partial charge in [0.2, 0.25) is 0 Å². The van der Waals surface area contributed by atoms with Crippen LogP contribution in [0.3, 0.4) is 0 Å². The molecule has 0 heterocycles. The molecule has 0 amide bonds. The summed E-state index contributed by atoms with van der Waals surface area (Å²) >= 11 is 0. The summed E-state index contributed by atoms with van der Waals surface area (Å²) < 4.78 is 0. The Bertz CT molecular complexity index is 135. The van der Waals surface area contributed by atoms with Gasteiger partial charge in [-0.05, 0) is 13.8 Å². The van der Waals surface area contributed by atoms with Gasteiger partial charge < -0.3 is 10.2 Å². The Labute approximate surface area is 66.7 Å². The Hall–Kier alpha value is -1.09. The van der Waals surface area contributed by atoms with Crippen molar-refractivity contribution in [3.63, 3.8) is 0 Å². The van der Waals surface area contributed by atoms with Crippen molar-refractivity contribution in [3.8, 4) is 0 Å². The first-order valence-electron chi connectivity index (χ1n) is 3.11. The Kier molecular flexibility index (Phi) is 8.03. The molecule has 0 aliphatic carbocycles. The SMILES string of the molecule is C=C(C)C(=O)O.C=CC(C)O. The number of carboxylic acids is 1. The summed E-state index contributed by atoms with van der Waals surface area (Å²) in [6, 6.07) is 0. The first kappa shape index (κ1) is 12.6. The molecule has 1 atom stereocenters. The number of carbonyl (C=O) groups is 1. The maximum atomic E-state index is 9.60. The topological polar surface area (TPSA) is 57.5 Å². The molecule has 2 N–H and O–H groups in total. The molecule has 1 unspecified atom stereocenters. The second kappa shape index (κ2) is 7.02. The quantitative estimate of drug-likeness (QED) is 0.469. The van der Waals surface area contributed by atoms with Gasteiger partial charge in [-0.2, -0.15) is 0 Å². The van der Waals surface area contributed by atoms with Crippen molar-refractivity contribution in [2.75, 3.05) is 0 Å². The van der Waals surface area contributed by atoms with Gasteiger partial charge in [0.15, 0.2) is 0 Å². The molecule has 0 saturated heterocycles. The van der Waals surface area contributed by atoms with Crippen LogP contribution in [0.15, 0.2) is 24.8 Å². The van der Waals surface area contributed by atoms with E-state index in [0.717, 1.165) is 0 Å². The Balaban J connectivity index is 0. The highest BCUT2D eigenvalue weighted by molar-refractivity contribution is 5.84. The van der Waals surface area contributed by atoms with Crippen LogP contribution in [0.5, 0.6) is 0 Å². The largest absolute Gasteiger partial charge is 0.478 e. The van der Waals surface area contributed by atoms with Crippen LogP contribution >= 0.6 is 0 Å².